The maximum atomic E-state index is 12.4. The molecule has 28 heavy (non-hydrogen) atoms. The van der Waals surface area contributed by atoms with E-state index in [4.69, 9.17) is 10.5 Å². The molecule has 0 aliphatic heterocycles. The zero-order valence-electron chi connectivity index (χ0n) is 15.6. The summed E-state index contributed by atoms with van der Waals surface area (Å²) in [5.74, 6) is 1.23. The molecule has 0 aliphatic rings. The van der Waals surface area contributed by atoms with Gasteiger partial charge in [0.25, 0.3) is 5.56 Å². The second-order valence-electron chi connectivity index (χ2n) is 6.18. The number of nitrogens with zero attached hydrogens (tertiary/aromatic N) is 3. The molecule has 3 aromatic rings. The topological polar surface area (TPSA) is 100 Å². The molecule has 1 amide bonds. The van der Waals surface area contributed by atoms with Crippen LogP contribution in [0.4, 0.5) is 0 Å². The highest BCUT2D eigenvalue weighted by atomic mass is 32.2. The van der Waals surface area contributed by atoms with Gasteiger partial charge < -0.3 is 10.5 Å². The van der Waals surface area contributed by atoms with Crippen LogP contribution in [0.25, 0.3) is 10.9 Å². The zero-order valence-corrected chi connectivity index (χ0v) is 16.4. The summed E-state index contributed by atoms with van der Waals surface area (Å²) in [7, 11) is 0. The average Bonchev–Trinajstić information content (AvgIpc) is 2.70. The van der Waals surface area contributed by atoms with Crippen molar-refractivity contribution < 1.29 is 9.53 Å². The molecular formula is C20H22N4O3S. The van der Waals surface area contributed by atoms with E-state index < -0.39 is 0 Å². The maximum absolute atomic E-state index is 12.4. The lowest BCUT2D eigenvalue weighted by molar-refractivity contribution is -0.117. The number of thioether (sulfide) groups is 1. The normalized spacial score (nSPS) is 12.0. The van der Waals surface area contributed by atoms with Crippen LogP contribution in [-0.2, 0) is 17.8 Å². The summed E-state index contributed by atoms with van der Waals surface area (Å²) in [6.45, 7) is 2.60. The van der Waals surface area contributed by atoms with E-state index in [1.807, 2.05) is 37.3 Å². The van der Waals surface area contributed by atoms with Crippen LogP contribution in [0.5, 0.6) is 5.75 Å². The van der Waals surface area contributed by atoms with Crippen molar-refractivity contribution >= 4 is 28.6 Å². The van der Waals surface area contributed by atoms with E-state index in [0.29, 0.717) is 36.2 Å². The van der Waals surface area contributed by atoms with Crippen LogP contribution in [-0.4, -0.2) is 38.5 Å². The molecule has 1 unspecified atom stereocenters. The first kappa shape index (κ1) is 19.9. The van der Waals surface area contributed by atoms with Crippen LogP contribution >= 0.6 is 11.8 Å². The van der Waals surface area contributed by atoms with Crippen LogP contribution in [0.1, 0.15) is 12.5 Å². The first-order valence-corrected chi connectivity index (χ1v) is 10.1. The standard InChI is InChI=1S/C20H22N4O3S/c1-2-28-18(19(21)25)13-14-7-9-15(10-8-14)27-12-11-24-20(26)16-5-3-4-6-17(16)22-23-24/h3-10,18H,2,11-13H2,1H3,(H2,21,25). The molecule has 3 rings (SSSR count). The van der Waals surface area contributed by atoms with Crippen LogP contribution in [0, 0.1) is 0 Å². The Hall–Kier alpha value is -2.87. The molecule has 0 aliphatic carbocycles. The van der Waals surface area contributed by atoms with E-state index in [9.17, 15) is 9.59 Å². The smallest absolute Gasteiger partial charge is 0.277 e. The Morgan fingerprint density at radius 1 is 1.21 bits per heavy atom. The van der Waals surface area contributed by atoms with Gasteiger partial charge in [0.05, 0.1) is 17.2 Å². The Labute approximate surface area is 166 Å². The quantitative estimate of drug-likeness (QED) is 0.592. The van der Waals surface area contributed by atoms with Gasteiger partial charge in [-0.25, -0.2) is 4.68 Å². The van der Waals surface area contributed by atoms with Crippen molar-refractivity contribution in [3.05, 3.63) is 64.4 Å². The van der Waals surface area contributed by atoms with Crippen molar-refractivity contribution in [2.24, 2.45) is 5.73 Å². The molecule has 8 heteroatoms. The van der Waals surface area contributed by atoms with E-state index >= 15 is 0 Å². The van der Waals surface area contributed by atoms with Gasteiger partial charge in [-0.15, -0.1) is 16.9 Å². The Balaban J connectivity index is 1.57. The maximum Gasteiger partial charge on any atom is 0.277 e. The number of amides is 1. The van der Waals surface area contributed by atoms with E-state index in [2.05, 4.69) is 10.3 Å². The first-order chi connectivity index (χ1) is 13.6. The molecule has 0 spiro atoms. The molecule has 1 aromatic heterocycles. The van der Waals surface area contributed by atoms with Gasteiger partial charge in [-0.3, -0.25) is 9.59 Å². The number of fused-ring (bicyclic) bond motifs is 1. The van der Waals surface area contributed by atoms with E-state index in [1.54, 1.807) is 30.0 Å². The number of hydrogen-bond donors (Lipinski definition) is 1. The number of rotatable bonds is 9. The van der Waals surface area contributed by atoms with Crippen molar-refractivity contribution in [1.82, 2.24) is 15.0 Å². The lowest BCUT2D eigenvalue weighted by Crippen LogP contribution is -2.28. The molecule has 0 saturated carbocycles. The molecule has 146 valence electrons. The number of nitrogens with two attached hydrogens (primary N) is 1. The molecule has 0 saturated heterocycles. The number of primary amides is 1. The summed E-state index contributed by atoms with van der Waals surface area (Å²) in [6.07, 6.45) is 0.593. The average molecular weight is 398 g/mol. The summed E-state index contributed by atoms with van der Waals surface area (Å²) < 4.78 is 7.01. The lowest BCUT2D eigenvalue weighted by atomic mass is 10.1. The molecule has 2 N–H and O–H groups in total. The van der Waals surface area contributed by atoms with Gasteiger partial charge >= 0.3 is 0 Å². The highest BCUT2D eigenvalue weighted by Gasteiger charge is 2.15. The summed E-state index contributed by atoms with van der Waals surface area (Å²) in [4.78, 5) is 23.9. The first-order valence-electron chi connectivity index (χ1n) is 9.03. The Bertz CT molecular complexity index is 1000. The fraction of sp³-hybridized carbons (Fsp3) is 0.300. The van der Waals surface area contributed by atoms with Crippen molar-refractivity contribution in [3.63, 3.8) is 0 Å². The highest BCUT2D eigenvalue weighted by molar-refractivity contribution is 8.00. The van der Waals surface area contributed by atoms with Gasteiger partial charge in [0.15, 0.2) is 0 Å². The molecule has 2 aromatic carbocycles. The molecule has 1 atom stereocenters. The SMILES string of the molecule is CCSC(Cc1ccc(OCCn2nnc3ccccc3c2=O)cc1)C(N)=O. The van der Waals surface area contributed by atoms with Gasteiger partial charge in [-0.1, -0.05) is 36.4 Å². The Morgan fingerprint density at radius 2 is 1.96 bits per heavy atom. The molecule has 7 nitrogen and oxygen atoms in total. The van der Waals surface area contributed by atoms with Gasteiger partial charge in [0, 0.05) is 0 Å². The van der Waals surface area contributed by atoms with Gasteiger partial charge in [0.2, 0.25) is 5.91 Å². The predicted molar refractivity (Wildman–Crippen MR) is 111 cm³/mol. The summed E-state index contributed by atoms with van der Waals surface area (Å²) >= 11 is 1.55. The third-order valence-corrected chi connectivity index (χ3v) is 5.37. The number of ether oxygens (including phenoxy) is 1. The van der Waals surface area contributed by atoms with E-state index in [1.165, 1.54) is 4.68 Å². The number of hydrogen-bond acceptors (Lipinski definition) is 6. The fourth-order valence-electron chi connectivity index (χ4n) is 2.80. The lowest BCUT2D eigenvalue weighted by Gasteiger charge is -2.12. The van der Waals surface area contributed by atoms with Crippen molar-refractivity contribution in [2.45, 2.75) is 25.1 Å². The van der Waals surface area contributed by atoms with E-state index in [-0.39, 0.29) is 16.7 Å². The van der Waals surface area contributed by atoms with Crippen LogP contribution < -0.4 is 16.0 Å². The molecule has 0 fully saturated rings. The largest absolute Gasteiger partial charge is 0.492 e. The summed E-state index contributed by atoms with van der Waals surface area (Å²) in [5.41, 5.74) is 6.86. The van der Waals surface area contributed by atoms with Gasteiger partial charge in [-0.2, -0.15) is 0 Å². The monoisotopic (exact) mass is 398 g/mol. The minimum Gasteiger partial charge on any atom is -0.492 e. The van der Waals surface area contributed by atoms with Crippen LogP contribution in [0.15, 0.2) is 53.3 Å². The van der Waals surface area contributed by atoms with Crippen molar-refractivity contribution in [2.75, 3.05) is 12.4 Å². The van der Waals surface area contributed by atoms with Crippen molar-refractivity contribution in [3.8, 4) is 5.75 Å². The number of carbonyl (C=O) groups excluding carboxylic acids is 1. The van der Waals surface area contributed by atoms with Gasteiger partial charge in [0.1, 0.15) is 17.9 Å². The van der Waals surface area contributed by atoms with Crippen molar-refractivity contribution in [1.29, 1.82) is 0 Å². The summed E-state index contributed by atoms with van der Waals surface area (Å²) in [5, 5.41) is 8.31. The molecule has 1 heterocycles. The predicted octanol–water partition coefficient (Wildman–Crippen LogP) is 2.02. The van der Waals surface area contributed by atoms with Crippen LogP contribution in [0.3, 0.4) is 0 Å². The summed E-state index contributed by atoms with van der Waals surface area (Å²) in [6, 6.07) is 14.6. The second kappa shape index (κ2) is 9.36. The zero-order chi connectivity index (χ0) is 19.9. The molecule has 0 bridgehead atoms. The number of carbonyl (C=O) groups is 1. The molecule has 0 radical (unpaired) electrons. The minimum atomic E-state index is -0.297. The third kappa shape index (κ3) is 4.89. The second-order valence-corrected chi connectivity index (χ2v) is 7.66. The third-order valence-electron chi connectivity index (χ3n) is 4.23. The van der Waals surface area contributed by atoms with Gasteiger partial charge in [-0.05, 0) is 42.0 Å². The highest BCUT2D eigenvalue weighted by Crippen LogP contribution is 2.19. The number of aromatic nitrogens is 3. The van der Waals surface area contributed by atoms with E-state index in [0.717, 1.165) is 11.3 Å². The minimum absolute atomic E-state index is 0.185. The number of benzene rings is 2. The Kier molecular flexibility index (Phi) is 6.65. The Morgan fingerprint density at radius 3 is 2.68 bits per heavy atom. The fourth-order valence-corrected chi connectivity index (χ4v) is 3.68. The van der Waals surface area contributed by atoms with Crippen LogP contribution in [0.2, 0.25) is 0 Å². The molecular weight excluding hydrogens is 376 g/mol.